The van der Waals surface area contributed by atoms with Crippen LogP contribution in [0.2, 0.25) is 0 Å². The van der Waals surface area contributed by atoms with Crippen LogP contribution in [-0.4, -0.2) is 28.0 Å². The topological polar surface area (TPSA) is 76.4 Å². The number of rotatable bonds is 5. The van der Waals surface area contributed by atoms with E-state index in [9.17, 15) is 14.3 Å². The van der Waals surface area contributed by atoms with Crippen molar-refractivity contribution in [3.8, 4) is 5.88 Å². The van der Waals surface area contributed by atoms with Crippen LogP contribution in [0.5, 0.6) is 5.88 Å². The highest BCUT2D eigenvalue weighted by atomic mass is 19.1. The number of halogens is 1. The van der Waals surface area contributed by atoms with Crippen molar-refractivity contribution in [2.75, 3.05) is 12.4 Å². The van der Waals surface area contributed by atoms with Gasteiger partial charge in [0.1, 0.15) is 5.82 Å². The smallest absolute Gasteiger partial charge is 0.331 e. The number of ether oxygens (including phenoxy) is 1. The number of para-hydroxylation sites is 1. The summed E-state index contributed by atoms with van der Waals surface area (Å²) in [6, 6.07) is 4.73. The summed E-state index contributed by atoms with van der Waals surface area (Å²) in [7, 11) is 3.08. The second kappa shape index (κ2) is 5.82. The number of benzene rings is 1. The Labute approximate surface area is 121 Å². The zero-order chi connectivity index (χ0) is 15.6. The molecule has 0 aliphatic carbocycles. The maximum absolute atomic E-state index is 13.7. The fourth-order valence-electron chi connectivity index (χ4n) is 2.22. The minimum Gasteiger partial charge on any atom is -0.481 e. The second-order valence-electron chi connectivity index (χ2n) is 4.53. The quantitative estimate of drug-likeness (QED) is 0.883. The average Bonchev–Trinajstić information content (AvgIpc) is 2.71. The lowest BCUT2D eigenvalue weighted by Gasteiger charge is -2.17. The number of methoxy groups -OCH3 is 1. The van der Waals surface area contributed by atoms with Gasteiger partial charge in [-0.1, -0.05) is 12.1 Å². The Morgan fingerprint density at radius 3 is 2.71 bits per heavy atom. The summed E-state index contributed by atoms with van der Waals surface area (Å²) in [5.74, 6) is -1.35. The standard InChI is InChI=1S/C14H16FN3O3/c1-8-11(13(21-3)18(2)17-8)12(14(19)20)16-10-7-5-4-6-9(10)15/h4-7,12,16H,1-3H3,(H,19,20). The summed E-state index contributed by atoms with van der Waals surface area (Å²) in [5.41, 5.74) is 0.983. The molecule has 0 spiro atoms. The van der Waals surface area contributed by atoms with Gasteiger partial charge in [-0.15, -0.1) is 0 Å². The first-order valence-corrected chi connectivity index (χ1v) is 6.27. The normalized spacial score (nSPS) is 12.0. The maximum atomic E-state index is 13.7. The zero-order valence-electron chi connectivity index (χ0n) is 11.9. The summed E-state index contributed by atoms with van der Waals surface area (Å²) < 4.78 is 20.4. The molecule has 1 aromatic heterocycles. The zero-order valence-corrected chi connectivity index (χ0v) is 11.9. The Morgan fingerprint density at radius 2 is 2.14 bits per heavy atom. The van der Waals surface area contributed by atoms with Gasteiger partial charge in [-0.2, -0.15) is 5.10 Å². The van der Waals surface area contributed by atoms with Crippen LogP contribution in [-0.2, 0) is 11.8 Å². The van der Waals surface area contributed by atoms with Gasteiger partial charge in [-0.25, -0.2) is 13.9 Å². The molecule has 0 aliphatic heterocycles. The molecule has 1 unspecified atom stereocenters. The summed E-state index contributed by atoms with van der Waals surface area (Å²) in [5, 5.41) is 16.3. The molecule has 2 N–H and O–H groups in total. The molecular formula is C14H16FN3O3. The van der Waals surface area contributed by atoms with E-state index in [0.29, 0.717) is 17.1 Å². The van der Waals surface area contributed by atoms with E-state index in [1.165, 1.54) is 30.0 Å². The van der Waals surface area contributed by atoms with Crippen LogP contribution in [0.15, 0.2) is 24.3 Å². The highest BCUT2D eigenvalue weighted by Crippen LogP contribution is 2.31. The third kappa shape index (κ3) is 2.81. The molecule has 1 aromatic carbocycles. The van der Waals surface area contributed by atoms with Crippen molar-refractivity contribution < 1.29 is 19.0 Å². The van der Waals surface area contributed by atoms with Gasteiger partial charge in [-0.05, 0) is 19.1 Å². The van der Waals surface area contributed by atoms with Crippen LogP contribution >= 0.6 is 0 Å². The number of aryl methyl sites for hydroxylation is 2. The molecule has 2 rings (SSSR count). The minimum absolute atomic E-state index is 0.107. The Morgan fingerprint density at radius 1 is 1.48 bits per heavy atom. The number of carboxylic acid groups (broad SMARTS) is 1. The number of anilines is 1. The molecule has 0 fully saturated rings. The van der Waals surface area contributed by atoms with E-state index >= 15 is 0 Å². The molecule has 0 bridgehead atoms. The van der Waals surface area contributed by atoms with E-state index < -0.39 is 17.8 Å². The van der Waals surface area contributed by atoms with Crippen LogP contribution in [0, 0.1) is 12.7 Å². The number of aliphatic carboxylic acids is 1. The number of nitrogens with one attached hydrogen (secondary N) is 1. The number of hydrogen-bond acceptors (Lipinski definition) is 4. The number of aromatic nitrogens is 2. The predicted molar refractivity (Wildman–Crippen MR) is 74.9 cm³/mol. The van der Waals surface area contributed by atoms with Gasteiger partial charge in [0.05, 0.1) is 24.1 Å². The van der Waals surface area contributed by atoms with Crippen LogP contribution in [0.1, 0.15) is 17.3 Å². The highest BCUT2D eigenvalue weighted by Gasteiger charge is 2.29. The Kier molecular flexibility index (Phi) is 4.11. The van der Waals surface area contributed by atoms with Crippen LogP contribution in [0.3, 0.4) is 0 Å². The van der Waals surface area contributed by atoms with Gasteiger partial charge >= 0.3 is 5.97 Å². The third-order valence-electron chi connectivity index (χ3n) is 3.12. The van der Waals surface area contributed by atoms with E-state index in [2.05, 4.69) is 10.4 Å². The number of nitrogens with zero attached hydrogens (tertiary/aromatic N) is 2. The predicted octanol–water partition coefficient (Wildman–Crippen LogP) is 2.11. The maximum Gasteiger partial charge on any atom is 0.331 e. The Balaban J connectivity index is 2.46. The molecule has 0 aliphatic rings. The van der Waals surface area contributed by atoms with Crippen LogP contribution in [0.25, 0.3) is 0 Å². The number of carbonyl (C=O) groups is 1. The van der Waals surface area contributed by atoms with E-state index in [0.717, 1.165) is 0 Å². The fraction of sp³-hybridized carbons (Fsp3) is 0.286. The van der Waals surface area contributed by atoms with Crippen LogP contribution in [0.4, 0.5) is 10.1 Å². The van der Waals surface area contributed by atoms with Crippen molar-refractivity contribution in [2.45, 2.75) is 13.0 Å². The van der Waals surface area contributed by atoms with Gasteiger partial charge < -0.3 is 15.2 Å². The molecule has 0 radical (unpaired) electrons. The fourth-order valence-corrected chi connectivity index (χ4v) is 2.22. The Bertz CT molecular complexity index is 669. The van der Waals surface area contributed by atoms with Gasteiger partial charge in [0.2, 0.25) is 5.88 Å². The molecule has 21 heavy (non-hydrogen) atoms. The molecule has 112 valence electrons. The molecule has 1 heterocycles. The summed E-state index contributed by atoms with van der Waals surface area (Å²) in [6.45, 7) is 1.68. The molecule has 0 saturated heterocycles. The molecule has 0 amide bonds. The van der Waals surface area contributed by atoms with Gasteiger partial charge in [0, 0.05) is 7.05 Å². The molecule has 2 aromatic rings. The van der Waals surface area contributed by atoms with Crippen molar-refractivity contribution in [1.29, 1.82) is 0 Å². The molecular weight excluding hydrogens is 277 g/mol. The largest absolute Gasteiger partial charge is 0.481 e. The minimum atomic E-state index is -1.16. The number of hydrogen-bond donors (Lipinski definition) is 2. The monoisotopic (exact) mass is 293 g/mol. The van der Waals surface area contributed by atoms with Crippen molar-refractivity contribution in [3.63, 3.8) is 0 Å². The lowest BCUT2D eigenvalue weighted by molar-refractivity contribution is -0.138. The van der Waals surface area contributed by atoms with Gasteiger partial charge in [-0.3, -0.25) is 0 Å². The van der Waals surface area contributed by atoms with Gasteiger partial charge in [0.25, 0.3) is 0 Å². The van der Waals surface area contributed by atoms with Gasteiger partial charge in [0.15, 0.2) is 6.04 Å². The van der Waals surface area contributed by atoms with Crippen molar-refractivity contribution >= 4 is 11.7 Å². The first kappa shape index (κ1) is 14.8. The van der Waals surface area contributed by atoms with Crippen molar-refractivity contribution in [1.82, 2.24) is 9.78 Å². The first-order chi connectivity index (χ1) is 9.95. The average molecular weight is 293 g/mol. The lowest BCUT2D eigenvalue weighted by atomic mass is 10.1. The SMILES string of the molecule is COc1c(C(Nc2ccccc2F)C(=O)O)c(C)nn1C. The first-order valence-electron chi connectivity index (χ1n) is 6.27. The van der Waals surface area contributed by atoms with E-state index in [1.54, 1.807) is 20.0 Å². The summed E-state index contributed by atoms with van der Waals surface area (Å²) in [6.07, 6.45) is 0. The second-order valence-corrected chi connectivity index (χ2v) is 4.53. The van der Waals surface area contributed by atoms with Crippen molar-refractivity contribution in [3.05, 3.63) is 41.3 Å². The molecule has 7 heteroatoms. The summed E-state index contributed by atoms with van der Waals surface area (Å²) >= 11 is 0. The van der Waals surface area contributed by atoms with E-state index in [1.807, 2.05) is 0 Å². The van der Waals surface area contributed by atoms with E-state index in [-0.39, 0.29) is 5.69 Å². The molecule has 0 saturated carbocycles. The number of carboxylic acids is 1. The van der Waals surface area contributed by atoms with Crippen molar-refractivity contribution in [2.24, 2.45) is 7.05 Å². The van der Waals surface area contributed by atoms with E-state index in [4.69, 9.17) is 4.74 Å². The molecule has 1 atom stereocenters. The third-order valence-corrected chi connectivity index (χ3v) is 3.12. The summed E-state index contributed by atoms with van der Waals surface area (Å²) in [4.78, 5) is 11.6. The lowest BCUT2D eigenvalue weighted by Crippen LogP contribution is -2.22. The highest BCUT2D eigenvalue weighted by molar-refractivity contribution is 5.80. The Hall–Kier alpha value is -2.57. The molecule has 6 nitrogen and oxygen atoms in total. The van der Waals surface area contributed by atoms with Crippen LogP contribution < -0.4 is 10.1 Å².